The standard InChI is InChI=1S/C9H10O5/c1-2-13-9(12)14-8-5-6(10)3-4-7(8)11/h3-5,10-11H,2H2,1H3. The van der Waals surface area contributed by atoms with Crippen LogP contribution in [0.5, 0.6) is 17.2 Å². The lowest BCUT2D eigenvalue weighted by molar-refractivity contribution is 0.103. The highest BCUT2D eigenvalue weighted by molar-refractivity contribution is 5.65. The van der Waals surface area contributed by atoms with E-state index in [1.54, 1.807) is 6.92 Å². The summed E-state index contributed by atoms with van der Waals surface area (Å²) in [6.45, 7) is 1.81. The lowest BCUT2D eigenvalue weighted by atomic mass is 10.3. The third-order valence-electron chi connectivity index (χ3n) is 1.40. The fourth-order valence-electron chi connectivity index (χ4n) is 0.822. The number of aromatic hydroxyl groups is 2. The van der Waals surface area contributed by atoms with Gasteiger partial charge in [0.2, 0.25) is 0 Å². The second kappa shape index (κ2) is 4.36. The summed E-state index contributed by atoms with van der Waals surface area (Å²) in [5.74, 6) is -0.485. The molecule has 0 heterocycles. The molecule has 5 nitrogen and oxygen atoms in total. The molecule has 0 aliphatic rings. The number of hydrogen-bond donors (Lipinski definition) is 2. The smallest absolute Gasteiger partial charge is 0.508 e. The van der Waals surface area contributed by atoms with Crippen molar-refractivity contribution in [2.45, 2.75) is 6.92 Å². The minimum absolute atomic E-state index is 0.109. The summed E-state index contributed by atoms with van der Waals surface area (Å²) in [5.41, 5.74) is 0. The van der Waals surface area contributed by atoms with E-state index in [4.69, 9.17) is 5.11 Å². The van der Waals surface area contributed by atoms with Crippen molar-refractivity contribution in [2.24, 2.45) is 0 Å². The summed E-state index contributed by atoms with van der Waals surface area (Å²) in [6, 6.07) is 3.60. The van der Waals surface area contributed by atoms with Crippen LogP contribution in [-0.2, 0) is 4.74 Å². The fraction of sp³-hybridized carbons (Fsp3) is 0.222. The molecule has 1 aromatic rings. The zero-order valence-corrected chi connectivity index (χ0v) is 7.56. The summed E-state index contributed by atoms with van der Waals surface area (Å²) >= 11 is 0. The Morgan fingerprint density at radius 3 is 2.79 bits per heavy atom. The van der Waals surface area contributed by atoms with Crippen LogP contribution in [0, 0.1) is 0 Å². The molecule has 1 aromatic carbocycles. The molecule has 0 amide bonds. The summed E-state index contributed by atoms with van der Waals surface area (Å²) in [6.07, 6.45) is -0.923. The highest BCUT2D eigenvalue weighted by Gasteiger charge is 2.09. The molecule has 5 heteroatoms. The molecule has 14 heavy (non-hydrogen) atoms. The van der Waals surface area contributed by atoms with E-state index >= 15 is 0 Å². The highest BCUT2D eigenvalue weighted by atomic mass is 16.7. The zero-order chi connectivity index (χ0) is 10.6. The summed E-state index contributed by atoms with van der Waals surface area (Å²) < 4.78 is 9.08. The number of phenolic OH excluding ortho intramolecular Hbond substituents is 2. The van der Waals surface area contributed by atoms with Gasteiger partial charge in [-0.1, -0.05) is 0 Å². The Kier molecular flexibility index (Phi) is 3.17. The van der Waals surface area contributed by atoms with E-state index in [0.29, 0.717) is 0 Å². The van der Waals surface area contributed by atoms with Crippen LogP contribution in [0.25, 0.3) is 0 Å². The third kappa shape index (κ3) is 2.55. The van der Waals surface area contributed by atoms with Crippen LogP contribution < -0.4 is 4.74 Å². The van der Waals surface area contributed by atoms with Crippen molar-refractivity contribution < 1.29 is 24.5 Å². The Balaban J connectivity index is 2.75. The van der Waals surface area contributed by atoms with Crippen LogP contribution in [0.15, 0.2) is 18.2 Å². The molecule has 0 saturated carbocycles. The maximum Gasteiger partial charge on any atom is 0.513 e. The minimum Gasteiger partial charge on any atom is -0.508 e. The van der Waals surface area contributed by atoms with E-state index in [1.807, 2.05) is 0 Å². The number of carbonyl (C=O) groups excluding carboxylic acids is 1. The van der Waals surface area contributed by atoms with Crippen molar-refractivity contribution in [2.75, 3.05) is 6.61 Å². The molecule has 0 fully saturated rings. The van der Waals surface area contributed by atoms with Gasteiger partial charge in [0.1, 0.15) is 5.75 Å². The van der Waals surface area contributed by atoms with Gasteiger partial charge in [-0.05, 0) is 19.1 Å². The van der Waals surface area contributed by atoms with Gasteiger partial charge in [0.15, 0.2) is 11.5 Å². The maximum absolute atomic E-state index is 10.8. The Bertz CT molecular complexity index is 334. The van der Waals surface area contributed by atoms with Crippen LogP contribution in [0.3, 0.4) is 0 Å². The van der Waals surface area contributed by atoms with Crippen molar-refractivity contribution in [1.82, 2.24) is 0 Å². The number of phenols is 2. The summed E-state index contributed by atoms with van der Waals surface area (Å²) in [5, 5.41) is 18.2. The van der Waals surface area contributed by atoms with Gasteiger partial charge < -0.3 is 19.7 Å². The molecule has 2 N–H and O–H groups in total. The molecule has 0 aromatic heterocycles. The summed E-state index contributed by atoms with van der Waals surface area (Å²) in [7, 11) is 0. The predicted octanol–water partition coefficient (Wildman–Crippen LogP) is 1.63. The van der Waals surface area contributed by atoms with Crippen LogP contribution in [-0.4, -0.2) is 23.0 Å². The monoisotopic (exact) mass is 198 g/mol. The van der Waals surface area contributed by atoms with E-state index in [2.05, 4.69) is 9.47 Å². The average molecular weight is 198 g/mol. The number of rotatable bonds is 2. The van der Waals surface area contributed by atoms with E-state index < -0.39 is 6.16 Å². The Hall–Kier alpha value is -1.91. The Morgan fingerprint density at radius 2 is 2.14 bits per heavy atom. The second-order valence-electron chi connectivity index (χ2n) is 2.44. The van der Waals surface area contributed by atoms with Gasteiger partial charge in [-0.2, -0.15) is 0 Å². The fourth-order valence-corrected chi connectivity index (χ4v) is 0.822. The molecule has 0 radical (unpaired) electrons. The van der Waals surface area contributed by atoms with Gasteiger partial charge in [0.05, 0.1) is 6.61 Å². The van der Waals surface area contributed by atoms with Crippen molar-refractivity contribution in [3.8, 4) is 17.2 Å². The van der Waals surface area contributed by atoms with Crippen molar-refractivity contribution in [3.05, 3.63) is 18.2 Å². The molecular formula is C9H10O5. The molecule has 76 valence electrons. The molecule has 1 rings (SSSR count). The lowest BCUT2D eigenvalue weighted by Crippen LogP contribution is -2.09. The highest BCUT2D eigenvalue weighted by Crippen LogP contribution is 2.29. The van der Waals surface area contributed by atoms with E-state index in [0.717, 1.165) is 6.07 Å². The SMILES string of the molecule is CCOC(=O)Oc1cc(O)ccc1O. The normalized spacial score (nSPS) is 9.50. The van der Waals surface area contributed by atoms with Crippen molar-refractivity contribution in [3.63, 3.8) is 0 Å². The molecule has 0 aliphatic heterocycles. The molecule has 0 unspecified atom stereocenters. The van der Waals surface area contributed by atoms with E-state index in [-0.39, 0.29) is 23.9 Å². The first kappa shape index (κ1) is 10.2. The van der Waals surface area contributed by atoms with E-state index in [1.165, 1.54) is 12.1 Å². The van der Waals surface area contributed by atoms with Crippen LogP contribution in [0.1, 0.15) is 6.92 Å². The summed E-state index contributed by atoms with van der Waals surface area (Å²) in [4.78, 5) is 10.8. The molecule has 0 aliphatic carbocycles. The number of hydrogen-bond acceptors (Lipinski definition) is 5. The zero-order valence-electron chi connectivity index (χ0n) is 7.56. The molecular weight excluding hydrogens is 188 g/mol. The van der Waals surface area contributed by atoms with Gasteiger partial charge >= 0.3 is 6.16 Å². The van der Waals surface area contributed by atoms with Gasteiger partial charge in [-0.3, -0.25) is 0 Å². The molecule has 0 saturated heterocycles. The lowest BCUT2D eigenvalue weighted by Gasteiger charge is -2.05. The third-order valence-corrected chi connectivity index (χ3v) is 1.40. The first-order valence-electron chi connectivity index (χ1n) is 4.00. The molecule has 0 atom stereocenters. The van der Waals surface area contributed by atoms with Gasteiger partial charge in [0.25, 0.3) is 0 Å². The minimum atomic E-state index is -0.923. The quantitative estimate of drug-likeness (QED) is 0.429. The van der Waals surface area contributed by atoms with Crippen LogP contribution >= 0.6 is 0 Å². The van der Waals surface area contributed by atoms with Crippen LogP contribution in [0.2, 0.25) is 0 Å². The van der Waals surface area contributed by atoms with Crippen molar-refractivity contribution in [1.29, 1.82) is 0 Å². The molecule has 0 spiro atoms. The van der Waals surface area contributed by atoms with E-state index in [9.17, 15) is 9.90 Å². The van der Waals surface area contributed by atoms with Gasteiger partial charge in [-0.15, -0.1) is 0 Å². The number of ether oxygens (including phenoxy) is 2. The first-order valence-corrected chi connectivity index (χ1v) is 4.00. The van der Waals surface area contributed by atoms with Gasteiger partial charge in [0, 0.05) is 6.07 Å². The number of carbonyl (C=O) groups is 1. The van der Waals surface area contributed by atoms with Gasteiger partial charge in [-0.25, -0.2) is 4.79 Å². The second-order valence-corrected chi connectivity index (χ2v) is 2.44. The molecule has 0 bridgehead atoms. The van der Waals surface area contributed by atoms with Crippen molar-refractivity contribution >= 4 is 6.16 Å². The predicted molar refractivity (Wildman–Crippen MR) is 47.4 cm³/mol. The number of benzene rings is 1. The Labute approximate surface area is 80.5 Å². The maximum atomic E-state index is 10.8. The average Bonchev–Trinajstić information content (AvgIpc) is 2.12. The van der Waals surface area contributed by atoms with Crippen LogP contribution in [0.4, 0.5) is 4.79 Å². The topological polar surface area (TPSA) is 76.0 Å². The first-order chi connectivity index (χ1) is 6.63. The largest absolute Gasteiger partial charge is 0.513 e. The Morgan fingerprint density at radius 1 is 1.43 bits per heavy atom.